The summed E-state index contributed by atoms with van der Waals surface area (Å²) >= 11 is 0. The van der Waals surface area contributed by atoms with Gasteiger partial charge in [0.25, 0.3) is 0 Å². The summed E-state index contributed by atoms with van der Waals surface area (Å²) in [6.45, 7) is 5.61. The molecule has 1 N–H and O–H groups in total. The number of hydrogen-bond acceptors (Lipinski definition) is 2. The van der Waals surface area contributed by atoms with E-state index in [1.807, 2.05) is 20.8 Å². The Morgan fingerprint density at radius 3 is 2.00 bits per heavy atom. The molecule has 0 aromatic rings. The van der Waals surface area contributed by atoms with Gasteiger partial charge in [-0.25, -0.2) is 4.89 Å². The predicted molar refractivity (Wildman–Crippen MR) is 29.2 cm³/mol. The van der Waals surface area contributed by atoms with Gasteiger partial charge in [-0.2, -0.15) is 0 Å². The molecule has 0 aromatic carbocycles. The van der Waals surface area contributed by atoms with E-state index in [9.17, 15) is 0 Å². The Morgan fingerprint density at radius 1 is 1.62 bits per heavy atom. The van der Waals surface area contributed by atoms with E-state index in [2.05, 4.69) is 4.89 Å². The zero-order valence-corrected chi connectivity index (χ0v) is 9.19. The van der Waals surface area contributed by atoms with Gasteiger partial charge in [0.15, 0.2) is 0 Å². The SMILES string of the molecule is CCC(C)(C)OO.[H-].[K+]. The molecule has 3 heteroatoms. The van der Waals surface area contributed by atoms with Gasteiger partial charge < -0.3 is 1.43 Å². The molecule has 2 nitrogen and oxygen atoms in total. The Bertz CT molecular complexity index is 52.9. The molecule has 0 spiro atoms. The first-order chi connectivity index (χ1) is 3.12. The van der Waals surface area contributed by atoms with E-state index in [-0.39, 0.29) is 58.4 Å². The van der Waals surface area contributed by atoms with Crippen molar-refractivity contribution < 1.29 is 63.0 Å². The van der Waals surface area contributed by atoms with Gasteiger partial charge in [-0.15, -0.1) is 0 Å². The summed E-state index contributed by atoms with van der Waals surface area (Å²) in [5.41, 5.74) is -0.361. The molecule has 0 fully saturated rings. The van der Waals surface area contributed by atoms with Crippen LogP contribution in [0.1, 0.15) is 28.6 Å². The summed E-state index contributed by atoms with van der Waals surface area (Å²) < 4.78 is 0. The van der Waals surface area contributed by atoms with Crippen molar-refractivity contribution in [3.8, 4) is 0 Å². The number of rotatable bonds is 2. The maximum Gasteiger partial charge on any atom is 1.00 e. The summed E-state index contributed by atoms with van der Waals surface area (Å²) in [5, 5.41) is 8.09. The van der Waals surface area contributed by atoms with Crippen molar-refractivity contribution in [1.82, 2.24) is 0 Å². The fourth-order valence-electron chi connectivity index (χ4n) is 0.0645. The van der Waals surface area contributed by atoms with Crippen molar-refractivity contribution in [3.05, 3.63) is 0 Å². The summed E-state index contributed by atoms with van der Waals surface area (Å²) in [5.74, 6) is 0. The standard InChI is InChI=1S/C5H12O2.K.H/c1-4-5(2,3)7-6;;/h6H,4H2,1-3H3;;/q;+1;-1. The minimum absolute atomic E-state index is 0. The molecular weight excluding hydrogens is 131 g/mol. The van der Waals surface area contributed by atoms with Crippen LogP contribution in [0.25, 0.3) is 0 Å². The molecule has 8 heavy (non-hydrogen) atoms. The van der Waals surface area contributed by atoms with Crippen LogP contribution in [0, 0.1) is 0 Å². The minimum atomic E-state index is -0.361. The van der Waals surface area contributed by atoms with Crippen LogP contribution in [-0.2, 0) is 4.89 Å². The molecule has 0 aromatic heterocycles. The van der Waals surface area contributed by atoms with Gasteiger partial charge in [0.05, 0.1) is 5.60 Å². The topological polar surface area (TPSA) is 29.5 Å². The third-order valence-electron chi connectivity index (χ3n) is 1.10. The van der Waals surface area contributed by atoms with Crippen molar-refractivity contribution in [2.24, 2.45) is 0 Å². The Labute approximate surface area is 94.4 Å². The van der Waals surface area contributed by atoms with Crippen LogP contribution in [0.4, 0.5) is 0 Å². The Hall–Kier alpha value is 1.56. The van der Waals surface area contributed by atoms with Crippen LogP contribution >= 0.6 is 0 Å². The molecule has 0 unspecified atom stereocenters. The maximum atomic E-state index is 8.09. The summed E-state index contributed by atoms with van der Waals surface area (Å²) in [6.07, 6.45) is 0.823. The predicted octanol–water partition coefficient (Wildman–Crippen LogP) is -1.22. The van der Waals surface area contributed by atoms with Crippen molar-refractivity contribution >= 4 is 0 Å². The average molecular weight is 144 g/mol. The van der Waals surface area contributed by atoms with Crippen molar-refractivity contribution in [2.75, 3.05) is 0 Å². The first-order valence-electron chi connectivity index (χ1n) is 2.45. The largest absolute Gasteiger partial charge is 1.00 e. The molecule has 0 atom stereocenters. The van der Waals surface area contributed by atoms with Gasteiger partial charge in [0.2, 0.25) is 0 Å². The third-order valence-corrected chi connectivity index (χ3v) is 1.10. The molecule has 0 saturated carbocycles. The normalized spacial score (nSPS) is 10.5. The quantitative estimate of drug-likeness (QED) is 0.299. The average Bonchev–Trinajstić information content (AvgIpc) is 1.68. The van der Waals surface area contributed by atoms with Gasteiger partial charge in [0, 0.05) is 0 Å². The minimum Gasteiger partial charge on any atom is -1.00 e. The van der Waals surface area contributed by atoms with Crippen LogP contribution in [0.15, 0.2) is 0 Å². The molecule has 0 aliphatic carbocycles. The second-order valence-electron chi connectivity index (χ2n) is 2.20. The first kappa shape index (κ1) is 12.3. The Morgan fingerprint density at radius 2 is 2.00 bits per heavy atom. The van der Waals surface area contributed by atoms with Crippen molar-refractivity contribution in [3.63, 3.8) is 0 Å². The fourth-order valence-corrected chi connectivity index (χ4v) is 0.0645. The van der Waals surface area contributed by atoms with Gasteiger partial charge in [-0.05, 0) is 20.3 Å². The maximum absolute atomic E-state index is 8.09. The zero-order chi connectivity index (χ0) is 5.91. The second kappa shape index (κ2) is 5.35. The number of hydrogen-bond donors (Lipinski definition) is 1. The van der Waals surface area contributed by atoms with E-state index in [4.69, 9.17) is 5.26 Å². The Balaban J connectivity index is -0.000000180. The summed E-state index contributed by atoms with van der Waals surface area (Å²) in [7, 11) is 0. The molecule has 0 bridgehead atoms. The van der Waals surface area contributed by atoms with Gasteiger partial charge in [-0.1, -0.05) is 6.92 Å². The van der Waals surface area contributed by atoms with Crippen LogP contribution in [-0.4, -0.2) is 10.9 Å². The van der Waals surface area contributed by atoms with Crippen molar-refractivity contribution in [2.45, 2.75) is 32.8 Å². The molecule has 0 aliphatic rings. The van der Waals surface area contributed by atoms with E-state index in [1.54, 1.807) is 0 Å². The smallest absolute Gasteiger partial charge is 1.00 e. The van der Waals surface area contributed by atoms with Gasteiger partial charge in [0.1, 0.15) is 0 Å². The summed E-state index contributed by atoms with van der Waals surface area (Å²) in [4.78, 5) is 4.09. The van der Waals surface area contributed by atoms with E-state index in [1.165, 1.54) is 0 Å². The zero-order valence-electron chi connectivity index (χ0n) is 7.06. The van der Waals surface area contributed by atoms with E-state index >= 15 is 0 Å². The molecule has 0 rings (SSSR count). The van der Waals surface area contributed by atoms with Crippen LogP contribution in [0.3, 0.4) is 0 Å². The van der Waals surface area contributed by atoms with E-state index in [0.29, 0.717) is 0 Å². The Kier molecular flexibility index (Phi) is 8.19. The molecule has 0 radical (unpaired) electrons. The summed E-state index contributed by atoms with van der Waals surface area (Å²) in [6, 6.07) is 0. The van der Waals surface area contributed by atoms with E-state index in [0.717, 1.165) is 6.42 Å². The molecule has 0 saturated heterocycles. The molecule has 0 aliphatic heterocycles. The van der Waals surface area contributed by atoms with Crippen LogP contribution in [0.5, 0.6) is 0 Å². The molecule has 0 heterocycles. The van der Waals surface area contributed by atoms with Crippen LogP contribution < -0.4 is 51.4 Å². The van der Waals surface area contributed by atoms with Crippen LogP contribution in [0.2, 0.25) is 0 Å². The second-order valence-corrected chi connectivity index (χ2v) is 2.20. The van der Waals surface area contributed by atoms with Gasteiger partial charge in [-0.3, -0.25) is 5.26 Å². The first-order valence-corrected chi connectivity index (χ1v) is 2.45. The molecular formula is C5H13KO2. The fraction of sp³-hybridized carbons (Fsp3) is 1.00. The van der Waals surface area contributed by atoms with Crippen molar-refractivity contribution in [1.29, 1.82) is 0 Å². The molecule has 0 amide bonds. The monoisotopic (exact) mass is 144 g/mol. The van der Waals surface area contributed by atoms with E-state index < -0.39 is 0 Å². The molecule has 46 valence electrons. The third kappa shape index (κ3) is 5.69. The van der Waals surface area contributed by atoms with Gasteiger partial charge >= 0.3 is 51.4 Å².